The number of rotatable bonds is 2. The molecule has 0 fully saturated rings. The average Bonchev–Trinajstić information content (AvgIpc) is 2.12. The van der Waals surface area contributed by atoms with Gasteiger partial charge in [-0.05, 0) is 25.5 Å². The molecule has 3 N–H and O–H groups in total. The zero-order valence-corrected chi connectivity index (χ0v) is 8.04. The molecule has 0 spiro atoms. The Morgan fingerprint density at radius 2 is 2.14 bits per heavy atom. The van der Waals surface area contributed by atoms with Crippen LogP contribution in [0.2, 0.25) is 0 Å². The van der Waals surface area contributed by atoms with Crippen molar-refractivity contribution >= 4 is 5.78 Å². The van der Waals surface area contributed by atoms with Crippen LogP contribution in [-0.2, 0) is 0 Å². The first-order chi connectivity index (χ1) is 6.45. The lowest BCUT2D eigenvalue weighted by molar-refractivity contribution is 0.0964. The van der Waals surface area contributed by atoms with Crippen molar-refractivity contribution in [2.45, 2.75) is 19.9 Å². The second kappa shape index (κ2) is 3.75. The van der Waals surface area contributed by atoms with E-state index in [-0.39, 0.29) is 5.56 Å². The number of phenolic OH excluding ortho intramolecular Hbond substituents is 1. The highest BCUT2D eigenvalue weighted by molar-refractivity contribution is 6.03. The summed E-state index contributed by atoms with van der Waals surface area (Å²) in [5.74, 6) is -1.88. The normalized spacial score (nSPS) is 12.6. The topological polar surface area (TPSA) is 63.3 Å². The van der Waals surface area contributed by atoms with E-state index in [4.69, 9.17) is 5.73 Å². The minimum Gasteiger partial charge on any atom is -0.504 e. The number of carbonyl (C=O) groups excluding carboxylic acids is 1. The molecule has 0 aromatic heterocycles. The summed E-state index contributed by atoms with van der Waals surface area (Å²) in [5.41, 5.74) is 5.86. The lowest BCUT2D eigenvalue weighted by Crippen LogP contribution is -2.27. The first kappa shape index (κ1) is 10.7. The van der Waals surface area contributed by atoms with E-state index in [1.165, 1.54) is 13.0 Å². The molecule has 0 radical (unpaired) electrons. The van der Waals surface area contributed by atoms with Crippen LogP contribution >= 0.6 is 0 Å². The van der Waals surface area contributed by atoms with Gasteiger partial charge in [0.05, 0.1) is 11.6 Å². The summed E-state index contributed by atoms with van der Waals surface area (Å²) in [6, 6.07) is 1.80. The summed E-state index contributed by atoms with van der Waals surface area (Å²) in [6.45, 7) is 3.11. The van der Waals surface area contributed by atoms with Gasteiger partial charge in [0.1, 0.15) is 0 Å². The van der Waals surface area contributed by atoms with Crippen LogP contribution in [0.25, 0.3) is 0 Å². The maximum atomic E-state index is 12.9. The Morgan fingerprint density at radius 1 is 1.57 bits per heavy atom. The van der Waals surface area contributed by atoms with Crippen molar-refractivity contribution in [3.8, 4) is 5.75 Å². The molecule has 0 saturated carbocycles. The SMILES string of the molecule is Cc1ccc(F)c(O)c1C(=O)C(C)N. The lowest BCUT2D eigenvalue weighted by Gasteiger charge is -2.10. The van der Waals surface area contributed by atoms with Crippen LogP contribution in [0.1, 0.15) is 22.8 Å². The van der Waals surface area contributed by atoms with Crippen molar-refractivity contribution in [1.29, 1.82) is 0 Å². The molecule has 1 aromatic rings. The summed E-state index contributed by atoms with van der Waals surface area (Å²) in [6.07, 6.45) is 0. The number of halogens is 1. The lowest BCUT2D eigenvalue weighted by atomic mass is 9.99. The predicted octanol–water partition coefficient (Wildman–Crippen LogP) is 1.37. The summed E-state index contributed by atoms with van der Waals surface area (Å²) in [7, 11) is 0. The van der Waals surface area contributed by atoms with Crippen LogP contribution in [-0.4, -0.2) is 16.9 Å². The van der Waals surface area contributed by atoms with E-state index in [0.717, 1.165) is 6.07 Å². The summed E-state index contributed by atoms with van der Waals surface area (Å²) in [5, 5.41) is 9.35. The van der Waals surface area contributed by atoms with Crippen molar-refractivity contribution in [1.82, 2.24) is 0 Å². The monoisotopic (exact) mass is 197 g/mol. The number of hydrogen-bond donors (Lipinski definition) is 2. The number of aromatic hydroxyl groups is 1. The van der Waals surface area contributed by atoms with Crippen LogP contribution in [0.15, 0.2) is 12.1 Å². The van der Waals surface area contributed by atoms with Gasteiger partial charge in [0.25, 0.3) is 0 Å². The number of ketones is 1. The van der Waals surface area contributed by atoms with Crippen molar-refractivity contribution in [2.75, 3.05) is 0 Å². The van der Waals surface area contributed by atoms with Crippen molar-refractivity contribution < 1.29 is 14.3 Å². The van der Waals surface area contributed by atoms with Crippen molar-refractivity contribution in [3.63, 3.8) is 0 Å². The van der Waals surface area contributed by atoms with E-state index in [1.54, 1.807) is 6.92 Å². The van der Waals surface area contributed by atoms with Gasteiger partial charge in [-0.2, -0.15) is 0 Å². The van der Waals surface area contributed by atoms with Gasteiger partial charge in [-0.25, -0.2) is 4.39 Å². The fourth-order valence-electron chi connectivity index (χ4n) is 1.21. The molecule has 0 bridgehead atoms. The van der Waals surface area contributed by atoms with Crippen molar-refractivity contribution in [2.24, 2.45) is 5.73 Å². The van der Waals surface area contributed by atoms with Crippen LogP contribution in [0.4, 0.5) is 4.39 Å². The molecule has 3 nitrogen and oxygen atoms in total. The molecule has 0 aliphatic rings. The molecule has 1 unspecified atom stereocenters. The molecule has 1 atom stereocenters. The minimum absolute atomic E-state index is 0.0278. The number of nitrogens with two attached hydrogens (primary N) is 1. The van der Waals surface area contributed by atoms with Gasteiger partial charge >= 0.3 is 0 Å². The zero-order chi connectivity index (χ0) is 10.9. The maximum absolute atomic E-state index is 12.9. The van der Waals surface area contributed by atoms with E-state index in [1.807, 2.05) is 0 Å². The third kappa shape index (κ3) is 1.75. The van der Waals surface area contributed by atoms with E-state index < -0.39 is 23.4 Å². The molecular weight excluding hydrogens is 185 g/mol. The number of Topliss-reactive ketones (excluding diaryl/α,β-unsaturated/α-hetero) is 1. The third-order valence-electron chi connectivity index (χ3n) is 2.00. The van der Waals surface area contributed by atoms with Crippen LogP contribution in [0.5, 0.6) is 5.75 Å². The Kier molecular flexibility index (Phi) is 2.86. The Hall–Kier alpha value is -1.42. The number of benzene rings is 1. The van der Waals surface area contributed by atoms with Crippen LogP contribution in [0, 0.1) is 12.7 Å². The quantitative estimate of drug-likeness (QED) is 0.704. The van der Waals surface area contributed by atoms with Gasteiger partial charge in [0, 0.05) is 0 Å². The van der Waals surface area contributed by atoms with E-state index in [9.17, 15) is 14.3 Å². The highest BCUT2D eigenvalue weighted by Gasteiger charge is 2.19. The largest absolute Gasteiger partial charge is 0.504 e. The van der Waals surface area contributed by atoms with Crippen LogP contribution < -0.4 is 5.73 Å². The molecular formula is C10H12FNO2. The second-order valence-electron chi connectivity index (χ2n) is 3.24. The van der Waals surface area contributed by atoms with Gasteiger partial charge in [-0.3, -0.25) is 4.79 Å². The Morgan fingerprint density at radius 3 is 2.64 bits per heavy atom. The first-order valence-electron chi connectivity index (χ1n) is 4.23. The van der Waals surface area contributed by atoms with E-state index >= 15 is 0 Å². The molecule has 0 aliphatic heterocycles. The Labute approximate surface area is 81.4 Å². The molecule has 0 amide bonds. The molecule has 0 heterocycles. The molecule has 1 rings (SSSR count). The smallest absolute Gasteiger partial charge is 0.183 e. The molecule has 0 aliphatic carbocycles. The summed E-state index contributed by atoms with van der Waals surface area (Å²) >= 11 is 0. The standard InChI is InChI=1S/C10H12FNO2/c1-5-3-4-7(11)10(14)8(5)9(13)6(2)12/h3-4,6,14H,12H2,1-2H3. The van der Waals surface area contributed by atoms with Crippen molar-refractivity contribution in [3.05, 3.63) is 29.1 Å². The average molecular weight is 197 g/mol. The molecule has 4 heteroatoms. The number of aryl methyl sites for hydroxylation is 1. The van der Waals surface area contributed by atoms with Gasteiger partial charge in [-0.15, -0.1) is 0 Å². The molecule has 76 valence electrons. The third-order valence-corrected chi connectivity index (χ3v) is 2.00. The van der Waals surface area contributed by atoms with Crippen LogP contribution in [0.3, 0.4) is 0 Å². The highest BCUT2D eigenvalue weighted by atomic mass is 19.1. The summed E-state index contributed by atoms with van der Waals surface area (Å²) < 4.78 is 12.9. The zero-order valence-electron chi connectivity index (χ0n) is 8.04. The molecule has 1 aromatic carbocycles. The van der Waals surface area contributed by atoms with Gasteiger partial charge in [0.2, 0.25) is 0 Å². The predicted molar refractivity (Wildman–Crippen MR) is 50.8 cm³/mol. The Balaban J connectivity index is 3.33. The highest BCUT2D eigenvalue weighted by Crippen LogP contribution is 2.25. The second-order valence-corrected chi connectivity index (χ2v) is 3.24. The minimum atomic E-state index is -0.806. The van der Waals surface area contributed by atoms with Gasteiger partial charge < -0.3 is 10.8 Å². The molecule has 14 heavy (non-hydrogen) atoms. The number of hydrogen-bond acceptors (Lipinski definition) is 3. The Bertz CT molecular complexity index is 375. The van der Waals surface area contributed by atoms with E-state index in [2.05, 4.69) is 0 Å². The van der Waals surface area contributed by atoms with Gasteiger partial charge in [0.15, 0.2) is 17.3 Å². The summed E-state index contributed by atoms with van der Waals surface area (Å²) in [4.78, 5) is 11.5. The first-order valence-corrected chi connectivity index (χ1v) is 4.23. The van der Waals surface area contributed by atoms with E-state index in [0.29, 0.717) is 5.56 Å². The molecule has 0 saturated heterocycles. The fourth-order valence-corrected chi connectivity index (χ4v) is 1.21. The fraction of sp³-hybridized carbons (Fsp3) is 0.300. The number of phenols is 1. The number of carbonyl (C=O) groups is 1. The maximum Gasteiger partial charge on any atom is 0.183 e. The van der Waals surface area contributed by atoms with Gasteiger partial charge in [-0.1, -0.05) is 6.07 Å².